The van der Waals surface area contributed by atoms with Crippen molar-refractivity contribution in [2.45, 2.75) is 19.4 Å². The molecule has 17 heavy (non-hydrogen) atoms. The molecule has 2 rings (SSSR count). The molecule has 1 aliphatic rings. The first kappa shape index (κ1) is 12.3. The van der Waals surface area contributed by atoms with Gasteiger partial charge in [-0.15, -0.1) is 0 Å². The van der Waals surface area contributed by atoms with E-state index in [2.05, 4.69) is 30.8 Å². The minimum Gasteiger partial charge on any atom is -0.375 e. The molecule has 1 fully saturated rings. The Labute approximate surface area is 105 Å². The number of rotatable bonds is 1. The molecule has 6 heteroatoms. The molecule has 0 atom stereocenters. The Morgan fingerprint density at radius 2 is 2.24 bits per heavy atom. The standard InChI is InChI=1S/C11H18N4OS/c1-11(2)7-15(5-4-14(11)3)9(16)8-6-13-10(12)17-8/h6H,4-5,7H2,1-3H3,(H2,12,13). The van der Waals surface area contributed by atoms with Crippen LogP contribution in [0.2, 0.25) is 0 Å². The molecular formula is C11H18N4OS. The van der Waals surface area contributed by atoms with Crippen LogP contribution in [0.1, 0.15) is 23.5 Å². The van der Waals surface area contributed by atoms with Gasteiger partial charge in [-0.3, -0.25) is 9.69 Å². The number of carbonyl (C=O) groups excluding carboxylic acids is 1. The molecule has 1 aliphatic heterocycles. The number of carbonyl (C=O) groups is 1. The predicted molar refractivity (Wildman–Crippen MR) is 69.1 cm³/mol. The average molecular weight is 254 g/mol. The van der Waals surface area contributed by atoms with Crippen molar-refractivity contribution in [3.63, 3.8) is 0 Å². The molecule has 5 nitrogen and oxygen atoms in total. The summed E-state index contributed by atoms with van der Waals surface area (Å²) in [5.41, 5.74) is 5.57. The average Bonchev–Trinajstić information content (AvgIpc) is 2.68. The molecule has 0 unspecified atom stereocenters. The molecule has 1 aromatic heterocycles. The monoisotopic (exact) mass is 254 g/mol. The Balaban J connectivity index is 2.11. The van der Waals surface area contributed by atoms with E-state index in [4.69, 9.17) is 5.73 Å². The van der Waals surface area contributed by atoms with Crippen molar-refractivity contribution >= 4 is 22.4 Å². The van der Waals surface area contributed by atoms with E-state index in [1.165, 1.54) is 11.3 Å². The van der Waals surface area contributed by atoms with Crippen LogP contribution < -0.4 is 5.73 Å². The number of amides is 1. The van der Waals surface area contributed by atoms with Gasteiger partial charge in [-0.2, -0.15) is 0 Å². The fraction of sp³-hybridized carbons (Fsp3) is 0.636. The van der Waals surface area contributed by atoms with Gasteiger partial charge >= 0.3 is 0 Å². The van der Waals surface area contributed by atoms with Gasteiger partial charge in [-0.25, -0.2) is 4.98 Å². The van der Waals surface area contributed by atoms with Crippen molar-refractivity contribution < 1.29 is 4.79 Å². The van der Waals surface area contributed by atoms with Gasteiger partial charge in [0.1, 0.15) is 4.88 Å². The lowest BCUT2D eigenvalue weighted by atomic mass is 10.00. The maximum Gasteiger partial charge on any atom is 0.265 e. The highest BCUT2D eigenvalue weighted by Crippen LogP contribution is 2.22. The van der Waals surface area contributed by atoms with E-state index < -0.39 is 0 Å². The second kappa shape index (κ2) is 4.27. The molecule has 1 saturated heterocycles. The molecule has 0 radical (unpaired) electrons. The van der Waals surface area contributed by atoms with Crippen molar-refractivity contribution in [2.24, 2.45) is 0 Å². The Bertz CT molecular complexity index is 429. The van der Waals surface area contributed by atoms with Gasteiger partial charge in [0.15, 0.2) is 5.13 Å². The molecule has 2 heterocycles. The zero-order valence-electron chi connectivity index (χ0n) is 10.4. The molecule has 94 valence electrons. The van der Waals surface area contributed by atoms with Crippen molar-refractivity contribution in [1.29, 1.82) is 0 Å². The number of piperazine rings is 1. The summed E-state index contributed by atoms with van der Waals surface area (Å²) >= 11 is 1.25. The maximum absolute atomic E-state index is 12.2. The van der Waals surface area contributed by atoms with Crippen LogP contribution >= 0.6 is 11.3 Å². The molecule has 0 aromatic carbocycles. The third kappa shape index (κ3) is 2.42. The predicted octanol–water partition coefficient (Wildman–Crippen LogP) is 0.891. The fourth-order valence-corrected chi connectivity index (χ4v) is 2.61. The fourth-order valence-electron chi connectivity index (χ4n) is 1.96. The van der Waals surface area contributed by atoms with Crippen LogP contribution in [0.25, 0.3) is 0 Å². The zero-order valence-corrected chi connectivity index (χ0v) is 11.3. The smallest absolute Gasteiger partial charge is 0.265 e. The van der Waals surface area contributed by atoms with Gasteiger partial charge in [0, 0.05) is 25.2 Å². The SMILES string of the molecule is CN1CCN(C(=O)c2cnc(N)s2)CC1(C)C. The molecular weight excluding hydrogens is 236 g/mol. The highest BCUT2D eigenvalue weighted by molar-refractivity contribution is 7.17. The van der Waals surface area contributed by atoms with E-state index in [1.54, 1.807) is 6.20 Å². The summed E-state index contributed by atoms with van der Waals surface area (Å²) < 4.78 is 0. The number of hydrogen-bond acceptors (Lipinski definition) is 5. The van der Waals surface area contributed by atoms with Crippen LogP contribution in [0.15, 0.2) is 6.20 Å². The van der Waals surface area contributed by atoms with Gasteiger partial charge in [-0.1, -0.05) is 11.3 Å². The lowest BCUT2D eigenvalue weighted by molar-refractivity contribution is 0.0315. The summed E-state index contributed by atoms with van der Waals surface area (Å²) in [5, 5.41) is 0.446. The van der Waals surface area contributed by atoms with E-state index in [-0.39, 0.29) is 11.4 Å². The summed E-state index contributed by atoms with van der Waals surface area (Å²) in [4.78, 5) is 20.9. The topological polar surface area (TPSA) is 62.5 Å². The quantitative estimate of drug-likeness (QED) is 0.808. The minimum absolute atomic E-state index is 0.0180. The first-order chi connectivity index (χ1) is 7.90. The van der Waals surface area contributed by atoms with Crippen molar-refractivity contribution in [3.05, 3.63) is 11.1 Å². The highest BCUT2D eigenvalue weighted by atomic mass is 32.1. The molecule has 2 N–H and O–H groups in total. The molecule has 0 saturated carbocycles. The molecule has 0 aliphatic carbocycles. The number of nitrogen functional groups attached to an aromatic ring is 1. The number of nitrogens with two attached hydrogens (primary N) is 1. The van der Waals surface area contributed by atoms with Gasteiger partial charge in [0.05, 0.1) is 6.20 Å². The van der Waals surface area contributed by atoms with Crippen LogP contribution in [0.5, 0.6) is 0 Å². The molecule has 1 aromatic rings. The maximum atomic E-state index is 12.2. The van der Waals surface area contributed by atoms with Crippen LogP contribution in [-0.2, 0) is 0 Å². The molecule has 0 bridgehead atoms. The second-order valence-electron chi connectivity index (χ2n) is 5.02. The van der Waals surface area contributed by atoms with Gasteiger partial charge in [0.25, 0.3) is 5.91 Å². The van der Waals surface area contributed by atoms with Crippen molar-refractivity contribution in [2.75, 3.05) is 32.4 Å². The van der Waals surface area contributed by atoms with Crippen LogP contribution in [-0.4, -0.2) is 52.9 Å². The van der Waals surface area contributed by atoms with Crippen molar-refractivity contribution in [1.82, 2.24) is 14.8 Å². The Kier molecular flexibility index (Phi) is 3.09. The first-order valence-corrected chi connectivity index (χ1v) is 6.43. The first-order valence-electron chi connectivity index (χ1n) is 5.62. The number of likely N-dealkylation sites (N-methyl/N-ethyl adjacent to an activating group) is 1. The van der Waals surface area contributed by atoms with E-state index >= 15 is 0 Å². The Morgan fingerprint density at radius 1 is 1.53 bits per heavy atom. The van der Waals surface area contributed by atoms with Gasteiger partial charge in [-0.05, 0) is 20.9 Å². The number of hydrogen-bond donors (Lipinski definition) is 1. The zero-order chi connectivity index (χ0) is 12.6. The van der Waals surface area contributed by atoms with E-state index in [1.807, 2.05) is 4.90 Å². The lowest BCUT2D eigenvalue weighted by Gasteiger charge is -2.45. The number of thiazole rings is 1. The van der Waals surface area contributed by atoms with Crippen molar-refractivity contribution in [3.8, 4) is 0 Å². The third-order valence-corrected chi connectivity index (χ3v) is 4.15. The number of anilines is 1. The lowest BCUT2D eigenvalue weighted by Crippen LogP contribution is -2.58. The van der Waals surface area contributed by atoms with E-state index in [0.717, 1.165) is 19.6 Å². The Hall–Kier alpha value is -1.14. The molecule has 1 amide bonds. The summed E-state index contributed by atoms with van der Waals surface area (Å²) in [6.07, 6.45) is 1.56. The summed E-state index contributed by atoms with van der Waals surface area (Å²) in [7, 11) is 2.09. The second-order valence-corrected chi connectivity index (χ2v) is 6.09. The normalized spacial score (nSPS) is 20.5. The van der Waals surface area contributed by atoms with Gasteiger partial charge in [0.2, 0.25) is 0 Å². The highest BCUT2D eigenvalue weighted by Gasteiger charge is 2.33. The number of aromatic nitrogens is 1. The minimum atomic E-state index is 0.0180. The van der Waals surface area contributed by atoms with Gasteiger partial charge < -0.3 is 10.6 Å². The van der Waals surface area contributed by atoms with Crippen LogP contribution in [0.4, 0.5) is 5.13 Å². The molecule has 0 spiro atoms. The largest absolute Gasteiger partial charge is 0.375 e. The summed E-state index contributed by atoms with van der Waals surface area (Å²) in [5.74, 6) is 0.0420. The summed E-state index contributed by atoms with van der Waals surface area (Å²) in [6.45, 7) is 6.69. The third-order valence-electron chi connectivity index (χ3n) is 3.34. The summed E-state index contributed by atoms with van der Waals surface area (Å²) in [6, 6.07) is 0. The van der Waals surface area contributed by atoms with Crippen LogP contribution in [0.3, 0.4) is 0 Å². The van der Waals surface area contributed by atoms with Crippen LogP contribution in [0, 0.1) is 0 Å². The van der Waals surface area contributed by atoms with E-state index in [0.29, 0.717) is 10.0 Å². The van der Waals surface area contributed by atoms with E-state index in [9.17, 15) is 4.79 Å². The Morgan fingerprint density at radius 3 is 2.76 bits per heavy atom. The number of nitrogens with zero attached hydrogens (tertiary/aromatic N) is 3.